The first-order chi connectivity index (χ1) is 12.6. The van der Waals surface area contributed by atoms with Crippen molar-refractivity contribution in [2.45, 2.75) is 91.3 Å². The summed E-state index contributed by atoms with van der Waals surface area (Å²) in [6.45, 7) is 17.5. The summed E-state index contributed by atoms with van der Waals surface area (Å²) < 4.78 is 37.7. The van der Waals surface area contributed by atoms with E-state index in [1.165, 1.54) is 6.08 Å². The Morgan fingerprint density at radius 2 is 1.75 bits per heavy atom. The first kappa shape index (κ1) is 23.2. The summed E-state index contributed by atoms with van der Waals surface area (Å²) in [5.74, 6) is 0.186. The molecule has 2 fully saturated rings. The van der Waals surface area contributed by atoms with E-state index in [1.54, 1.807) is 4.90 Å². The van der Waals surface area contributed by atoms with Gasteiger partial charge >= 0.3 is 13.2 Å². The number of ether oxygens (including phenoxy) is 2. The van der Waals surface area contributed by atoms with E-state index in [9.17, 15) is 9.18 Å². The molecule has 6 nitrogen and oxygen atoms in total. The lowest BCUT2D eigenvalue weighted by Gasteiger charge is -2.41. The minimum atomic E-state index is -1.08. The van der Waals surface area contributed by atoms with Gasteiger partial charge in [-0.05, 0) is 60.5 Å². The van der Waals surface area contributed by atoms with Crippen molar-refractivity contribution in [3.63, 3.8) is 0 Å². The van der Waals surface area contributed by atoms with Gasteiger partial charge in [-0.1, -0.05) is 13.8 Å². The molecule has 0 radical (unpaired) electrons. The van der Waals surface area contributed by atoms with E-state index >= 15 is 0 Å². The van der Waals surface area contributed by atoms with E-state index in [4.69, 9.17) is 18.8 Å². The number of hydrogen-bond acceptors (Lipinski definition) is 5. The molecule has 2 rings (SSSR count). The quantitative estimate of drug-likeness (QED) is 0.668. The number of hydrogen-bond donors (Lipinski definition) is 0. The third-order valence-corrected chi connectivity index (χ3v) is 5.48. The minimum absolute atomic E-state index is 0.126. The molecule has 2 atom stereocenters. The van der Waals surface area contributed by atoms with Crippen molar-refractivity contribution >= 4 is 13.2 Å². The van der Waals surface area contributed by atoms with Crippen LogP contribution in [0, 0.1) is 5.92 Å². The maximum atomic E-state index is 14.8. The Labute approximate surface area is 168 Å². The predicted octanol–water partition coefficient (Wildman–Crippen LogP) is 4.13. The molecule has 160 valence electrons. The summed E-state index contributed by atoms with van der Waals surface area (Å²) in [4.78, 5) is 14.3. The molecule has 0 spiro atoms. The van der Waals surface area contributed by atoms with Gasteiger partial charge in [0.1, 0.15) is 11.3 Å². The van der Waals surface area contributed by atoms with Gasteiger partial charge in [0.15, 0.2) is 0 Å². The smallest absolute Gasteiger partial charge is 0.444 e. The molecule has 28 heavy (non-hydrogen) atoms. The molecule has 0 N–H and O–H groups in total. The van der Waals surface area contributed by atoms with Crippen LogP contribution in [0.4, 0.5) is 9.18 Å². The Balaban J connectivity index is 2.12. The highest BCUT2D eigenvalue weighted by Crippen LogP contribution is 2.39. The van der Waals surface area contributed by atoms with Crippen LogP contribution in [-0.4, -0.2) is 60.2 Å². The fourth-order valence-electron chi connectivity index (χ4n) is 3.09. The number of halogens is 1. The normalized spacial score (nSPS) is 28.0. The molecule has 2 saturated heterocycles. The second kappa shape index (κ2) is 7.96. The zero-order valence-corrected chi connectivity index (χ0v) is 18.7. The van der Waals surface area contributed by atoms with Gasteiger partial charge in [0.2, 0.25) is 0 Å². The van der Waals surface area contributed by atoms with Gasteiger partial charge in [-0.15, -0.1) is 0 Å². The molecule has 0 aromatic carbocycles. The lowest BCUT2D eigenvalue weighted by atomic mass is 9.87. The number of carbonyl (C=O) groups is 1. The van der Waals surface area contributed by atoms with Gasteiger partial charge < -0.3 is 18.8 Å². The Bertz CT molecular complexity index is 598. The summed E-state index contributed by atoms with van der Waals surface area (Å²) in [7, 11) is -1.08. The summed E-state index contributed by atoms with van der Waals surface area (Å²) in [6.07, 6.45) is 0.335. The van der Waals surface area contributed by atoms with Crippen LogP contribution in [0.25, 0.3) is 0 Å². The summed E-state index contributed by atoms with van der Waals surface area (Å²) in [5, 5.41) is 0. The second-order valence-corrected chi connectivity index (χ2v) is 9.96. The molecular formula is C20H35BFNO5. The van der Waals surface area contributed by atoms with Gasteiger partial charge in [-0.25, -0.2) is 9.18 Å². The number of nitrogens with zero attached hydrogens (tertiary/aromatic N) is 1. The van der Waals surface area contributed by atoms with Gasteiger partial charge in [0.05, 0.1) is 36.5 Å². The molecule has 2 aliphatic rings. The van der Waals surface area contributed by atoms with Crippen LogP contribution in [-0.2, 0) is 18.8 Å². The monoisotopic (exact) mass is 399 g/mol. The average molecular weight is 399 g/mol. The van der Waals surface area contributed by atoms with Crippen molar-refractivity contribution in [2.75, 3.05) is 13.2 Å². The van der Waals surface area contributed by atoms with Crippen LogP contribution < -0.4 is 0 Å². The lowest BCUT2D eigenvalue weighted by molar-refractivity contribution is -0.0651. The van der Waals surface area contributed by atoms with Crippen molar-refractivity contribution in [3.05, 3.63) is 11.8 Å². The first-order valence-corrected chi connectivity index (χ1v) is 9.97. The lowest BCUT2D eigenvalue weighted by Crippen LogP contribution is -2.55. The summed E-state index contributed by atoms with van der Waals surface area (Å²) >= 11 is 0. The standard InChI is InChI=1S/C20H35BFNO5/c1-13(2)15-12-25-14(11-23(15)17(24)26-18(3,4)5)10-16(22)21-27-19(6,7)20(8,9)28-21/h10,13-15H,11-12H2,1-9H3. The van der Waals surface area contributed by atoms with Gasteiger partial charge in [-0.2, -0.15) is 0 Å². The average Bonchev–Trinajstić information content (AvgIpc) is 2.73. The molecule has 0 saturated carbocycles. The molecule has 1 amide bonds. The SMILES string of the molecule is CC(C)C1COC(C=C(F)B2OC(C)(C)C(C)(C)O2)CN1C(=O)OC(C)(C)C. The fourth-order valence-corrected chi connectivity index (χ4v) is 3.09. The van der Waals surface area contributed by atoms with E-state index in [0.717, 1.165) is 0 Å². The number of carbonyl (C=O) groups excluding carboxylic acids is 1. The summed E-state index contributed by atoms with van der Waals surface area (Å²) in [5.41, 5.74) is -2.39. The highest BCUT2D eigenvalue weighted by Gasteiger charge is 2.53. The van der Waals surface area contributed by atoms with Crippen LogP contribution in [0.2, 0.25) is 0 Å². The Morgan fingerprint density at radius 1 is 1.21 bits per heavy atom. The topological polar surface area (TPSA) is 57.2 Å². The molecule has 0 aromatic heterocycles. The third kappa shape index (κ3) is 5.27. The molecular weight excluding hydrogens is 364 g/mol. The van der Waals surface area contributed by atoms with Crippen molar-refractivity contribution in [2.24, 2.45) is 5.92 Å². The molecule has 0 aromatic rings. The number of rotatable bonds is 3. The van der Waals surface area contributed by atoms with Crippen LogP contribution in [0.5, 0.6) is 0 Å². The van der Waals surface area contributed by atoms with Crippen molar-refractivity contribution in [3.8, 4) is 0 Å². The van der Waals surface area contributed by atoms with Crippen molar-refractivity contribution in [1.82, 2.24) is 4.90 Å². The third-order valence-electron chi connectivity index (χ3n) is 5.48. The molecule has 2 unspecified atom stereocenters. The van der Waals surface area contributed by atoms with Crippen LogP contribution in [0.15, 0.2) is 11.8 Å². The number of morpholine rings is 1. The predicted molar refractivity (Wildman–Crippen MR) is 107 cm³/mol. The van der Waals surface area contributed by atoms with E-state index < -0.39 is 41.8 Å². The molecule has 0 bridgehead atoms. The van der Waals surface area contributed by atoms with Crippen molar-refractivity contribution in [1.29, 1.82) is 0 Å². The van der Waals surface area contributed by atoms with Crippen LogP contribution in [0.1, 0.15) is 62.3 Å². The van der Waals surface area contributed by atoms with Gasteiger partial charge in [0, 0.05) is 0 Å². The van der Waals surface area contributed by atoms with E-state index in [-0.39, 0.29) is 18.5 Å². The van der Waals surface area contributed by atoms with Gasteiger partial charge in [-0.3, -0.25) is 4.90 Å². The number of amides is 1. The van der Waals surface area contributed by atoms with E-state index in [1.807, 2.05) is 62.3 Å². The summed E-state index contributed by atoms with van der Waals surface area (Å²) in [6, 6.07) is -0.126. The largest absolute Gasteiger partial charge is 0.524 e. The Hall–Kier alpha value is -1.12. The Morgan fingerprint density at radius 3 is 2.21 bits per heavy atom. The zero-order chi connectivity index (χ0) is 21.5. The molecule has 8 heteroatoms. The molecule has 0 aliphatic carbocycles. The first-order valence-electron chi connectivity index (χ1n) is 9.97. The van der Waals surface area contributed by atoms with Crippen molar-refractivity contribution < 1.29 is 28.0 Å². The molecule has 2 aliphatic heterocycles. The van der Waals surface area contributed by atoms with E-state index in [2.05, 4.69) is 0 Å². The zero-order valence-electron chi connectivity index (χ0n) is 18.7. The maximum absolute atomic E-state index is 14.8. The van der Waals surface area contributed by atoms with Crippen LogP contribution >= 0.6 is 0 Å². The maximum Gasteiger partial charge on any atom is 0.524 e. The minimum Gasteiger partial charge on any atom is -0.444 e. The van der Waals surface area contributed by atoms with Crippen LogP contribution in [0.3, 0.4) is 0 Å². The van der Waals surface area contributed by atoms with Gasteiger partial charge in [0.25, 0.3) is 0 Å². The van der Waals surface area contributed by atoms with E-state index in [0.29, 0.717) is 6.61 Å². The molecule has 2 heterocycles. The second-order valence-electron chi connectivity index (χ2n) is 9.96. The highest BCUT2D eigenvalue weighted by atomic mass is 19.1. The Kier molecular flexibility index (Phi) is 6.58. The fraction of sp³-hybridized carbons (Fsp3) is 0.850. The highest BCUT2D eigenvalue weighted by molar-refractivity contribution is 6.53.